The maximum absolute atomic E-state index is 5.74. The average Bonchev–Trinajstić information content (AvgIpc) is 1.79. The maximum atomic E-state index is 5.74. The van der Waals surface area contributed by atoms with Crippen molar-refractivity contribution in [1.29, 1.82) is 0 Å². The highest BCUT2D eigenvalue weighted by Crippen LogP contribution is 2.34. The van der Waals surface area contributed by atoms with Crippen LogP contribution in [0.2, 0.25) is 5.15 Å². The summed E-state index contributed by atoms with van der Waals surface area (Å²) < 4.78 is 0. The summed E-state index contributed by atoms with van der Waals surface area (Å²) in [7, 11) is 0. The van der Waals surface area contributed by atoms with Crippen LogP contribution in [0.15, 0.2) is 6.07 Å². The molecule has 1 saturated carbocycles. The molecule has 2 N–H and O–H groups in total. The fourth-order valence-electron chi connectivity index (χ4n) is 1.30. The molecule has 3 nitrogen and oxygen atoms in total. The Morgan fingerprint density at radius 1 is 1.42 bits per heavy atom. The second-order valence-electron chi connectivity index (χ2n) is 3.10. The third-order valence-corrected chi connectivity index (χ3v) is 2.40. The van der Waals surface area contributed by atoms with E-state index in [4.69, 9.17) is 17.3 Å². The number of nitrogens with two attached hydrogens (primary N) is 1. The molecule has 64 valence electrons. The fourth-order valence-corrected chi connectivity index (χ4v) is 1.50. The van der Waals surface area contributed by atoms with Crippen LogP contribution < -0.4 is 5.73 Å². The molecule has 0 radical (unpaired) electrons. The standard InChI is InChI=1S/C8H10ClN3/c9-6-4-7(10)12-8(11-6)5-2-1-3-5/h4-5H,1-3H2,(H2,10,11,12). The van der Waals surface area contributed by atoms with Crippen LogP contribution in [0.3, 0.4) is 0 Å². The molecule has 12 heavy (non-hydrogen) atoms. The molecule has 1 aliphatic rings. The summed E-state index contributed by atoms with van der Waals surface area (Å²) in [6, 6.07) is 1.57. The largest absolute Gasteiger partial charge is 0.384 e. The molecule has 0 saturated heterocycles. The molecule has 1 fully saturated rings. The van der Waals surface area contributed by atoms with E-state index in [1.165, 1.54) is 19.3 Å². The fraction of sp³-hybridized carbons (Fsp3) is 0.500. The molecule has 1 aromatic heterocycles. The van der Waals surface area contributed by atoms with Crippen LogP contribution in [0.25, 0.3) is 0 Å². The third kappa shape index (κ3) is 1.37. The molecule has 4 heteroatoms. The van der Waals surface area contributed by atoms with Crippen molar-refractivity contribution < 1.29 is 0 Å². The number of hydrogen-bond donors (Lipinski definition) is 1. The van der Waals surface area contributed by atoms with Gasteiger partial charge in [-0.3, -0.25) is 0 Å². The molecule has 2 rings (SSSR count). The Morgan fingerprint density at radius 3 is 2.67 bits per heavy atom. The van der Waals surface area contributed by atoms with Crippen LogP contribution in [-0.4, -0.2) is 9.97 Å². The lowest BCUT2D eigenvalue weighted by atomic mass is 9.85. The molecule has 0 bridgehead atoms. The van der Waals surface area contributed by atoms with Crippen LogP contribution in [0.1, 0.15) is 31.0 Å². The van der Waals surface area contributed by atoms with E-state index >= 15 is 0 Å². The maximum Gasteiger partial charge on any atom is 0.135 e. The highest BCUT2D eigenvalue weighted by molar-refractivity contribution is 6.29. The van der Waals surface area contributed by atoms with Crippen molar-refractivity contribution in [1.82, 2.24) is 9.97 Å². The van der Waals surface area contributed by atoms with Crippen LogP contribution in [-0.2, 0) is 0 Å². The number of aromatic nitrogens is 2. The number of halogens is 1. The SMILES string of the molecule is Nc1cc(Cl)nc(C2CCC2)n1. The van der Waals surface area contributed by atoms with Gasteiger partial charge in [-0.25, -0.2) is 9.97 Å². The first-order valence-electron chi connectivity index (χ1n) is 4.05. The van der Waals surface area contributed by atoms with Crippen LogP contribution in [0.4, 0.5) is 5.82 Å². The predicted octanol–water partition coefficient (Wildman–Crippen LogP) is 1.98. The third-order valence-electron chi connectivity index (χ3n) is 2.20. The van der Waals surface area contributed by atoms with Crippen molar-refractivity contribution in [3.8, 4) is 0 Å². The topological polar surface area (TPSA) is 51.8 Å². The number of nitrogens with zero attached hydrogens (tertiary/aromatic N) is 2. The summed E-state index contributed by atoms with van der Waals surface area (Å²) in [5.41, 5.74) is 5.54. The van der Waals surface area contributed by atoms with Crippen LogP contribution in [0.5, 0.6) is 0 Å². The summed E-state index contributed by atoms with van der Waals surface area (Å²) in [6.45, 7) is 0. The minimum atomic E-state index is 0.449. The molecule has 1 heterocycles. The first kappa shape index (κ1) is 7.80. The Bertz CT molecular complexity index is 276. The van der Waals surface area contributed by atoms with Crippen LogP contribution >= 0.6 is 11.6 Å². The Hall–Kier alpha value is -0.830. The highest BCUT2D eigenvalue weighted by Gasteiger charge is 2.22. The van der Waals surface area contributed by atoms with Gasteiger partial charge < -0.3 is 5.73 Å². The lowest BCUT2D eigenvalue weighted by Gasteiger charge is -2.23. The quantitative estimate of drug-likeness (QED) is 0.678. The minimum Gasteiger partial charge on any atom is -0.384 e. The normalized spacial score (nSPS) is 17.4. The van der Waals surface area contributed by atoms with E-state index in [9.17, 15) is 0 Å². The van der Waals surface area contributed by atoms with Gasteiger partial charge in [0.25, 0.3) is 0 Å². The van der Waals surface area contributed by atoms with E-state index < -0.39 is 0 Å². The molecule has 0 spiro atoms. The van der Waals surface area contributed by atoms with Gasteiger partial charge in [0.05, 0.1) is 0 Å². The van der Waals surface area contributed by atoms with Gasteiger partial charge in [-0.2, -0.15) is 0 Å². The van der Waals surface area contributed by atoms with E-state index in [-0.39, 0.29) is 0 Å². The molecule has 1 aromatic rings. The zero-order valence-electron chi connectivity index (χ0n) is 6.63. The van der Waals surface area contributed by atoms with Crippen molar-refractivity contribution in [2.75, 3.05) is 5.73 Å². The summed E-state index contributed by atoms with van der Waals surface area (Å²) in [5, 5.41) is 0.449. The van der Waals surface area contributed by atoms with Crippen molar-refractivity contribution in [3.05, 3.63) is 17.0 Å². The molecule has 0 aromatic carbocycles. The molecule has 0 amide bonds. The molecule has 0 unspecified atom stereocenters. The zero-order chi connectivity index (χ0) is 8.55. The first-order valence-corrected chi connectivity index (χ1v) is 4.43. The van der Waals surface area contributed by atoms with Gasteiger partial charge in [0, 0.05) is 12.0 Å². The van der Waals surface area contributed by atoms with Gasteiger partial charge in [-0.05, 0) is 12.8 Å². The Morgan fingerprint density at radius 2 is 2.17 bits per heavy atom. The van der Waals surface area contributed by atoms with Gasteiger partial charge in [-0.15, -0.1) is 0 Å². The minimum absolute atomic E-state index is 0.449. The summed E-state index contributed by atoms with van der Waals surface area (Å²) in [5.74, 6) is 1.77. The van der Waals surface area contributed by atoms with E-state index in [0.29, 0.717) is 16.9 Å². The Kier molecular flexibility index (Phi) is 1.89. The monoisotopic (exact) mass is 183 g/mol. The number of anilines is 1. The predicted molar refractivity (Wildman–Crippen MR) is 48.0 cm³/mol. The van der Waals surface area contributed by atoms with Crippen molar-refractivity contribution in [2.24, 2.45) is 0 Å². The molecular formula is C8H10ClN3. The van der Waals surface area contributed by atoms with E-state index in [2.05, 4.69) is 9.97 Å². The van der Waals surface area contributed by atoms with E-state index in [1.807, 2.05) is 0 Å². The average molecular weight is 184 g/mol. The first-order chi connectivity index (χ1) is 5.75. The van der Waals surface area contributed by atoms with Crippen LogP contribution in [0, 0.1) is 0 Å². The lowest BCUT2D eigenvalue weighted by Crippen LogP contribution is -2.13. The smallest absolute Gasteiger partial charge is 0.135 e. The zero-order valence-corrected chi connectivity index (χ0v) is 7.38. The molecule has 0 aliphatic heterocycles. The van der Waals surface area contributed by atoms with Gasteiger partial charge >= 0.3 is 0 Å². The number of rotatable bonds is 1. The van der Waals surface area contributed by atoms with Crippen molar-refractivity contribution in [2.45, 2.75) is 25.2 Å². The van der Waals surface area contributed by atoms with Crippen molar-refractivity contribution >= 4 is 17.4 Å². The van der Waals surface area contributed by atoms with E-state index in [1.54, 1.807) is 6.07 Å². The Labute approximate surface area is 76.0 Å². The second kappa shape index (κ2) is 2.90. The molecule has 0 atom stereocenters. The van der Waals surface area contributed by atoms with Gasteiger partial charge in [0.1, 0.15) is 16.8 Å². The van der Waals surface area contributed by atoms with Gasteiger partial charge in [-0.1, -0.05) is 18.0 Å². The molecule has 1 aliphatic carbocycles. The van der Waals surface area contributed by atoms with Gasteiger partial charge in [0.15, 0.2) is 0 Å². The second-order valence-corrected chi connectivity index (χ2v) is 3.49. The van der Waals surface area contributed by atoms with E-state index in [0.717, 1.165) is 5.82 Å². The number of nitrogen functional groups attached to an aromatic ring is 1. The summed E-state index contributed by atoms with van der Waals surface area (Å²) in [6.07, 6.45) is 3.60. The lowest BCUT2D eigenvalue weighted by molar-refractivity contribution is 0.402. The Balaban J connectivity index is 2.30. The highest BCUT2D eigenvalue weighted by atomic mass is 35.5. The number of hydrogen-bond acceptors (Lipinski definition) is 3. The van der Waals surface area contributed by atoms with Gasteiger partial charge in [0.2, 0.25) is 0 Å². The van der Waals surface area contributed by atoms with Crippen molar-refractivity contribution in [3.63, 3.8) is 0 Å². The summed E-state index contributed by atoms with van der Waals surface area (Å²) in [4.78, 5) is 8.27. The molecular weight excluding hydrogens is 174 g/mol. The summed E-state index contributed by atoms with van der Waals surface area (Å²) >= 11 is 5.74.